The van der Waals surface area contributed by atoms with Crippen LogP contribution in [0.4, 0.5) is 0 Å². The van der Waals surface area contributed by atoms with E-state index in [9.17, 15) is 10.4 Å². The summed E-state index contributed by atoms with van der Waals surface area (Å²) in [5.74, 6) is 0. The van der Waals surface area contributed by atoms with Crippen LogP contribution in [0.3, 0.4) is 0 Å². The molecule has 0 aromatic carbocycles. The highest BCUT2D eigenvalue weighted by Gasteiger charge is 2.16. The number of hydrogen-bond donors (Lipinski definition) is 1. The summed E-state index contributed by atoms with van der Waals surface area (Å²) >= 11 is 0. The summed E-state index contributed by atoms with van der Waals surface area (Å²) in [6.07, 6.45) is 0. The van der Waals surface area contributed by atoms with Crippen LogP contribution in [0.2, 0.25) is 0 Å². The van der Waals surface area contributed by atoms with Crippen LogP contribution in [0.1, 0.15) is 22.8 Å². The molecule has 0 aliphatic carbocycles. The molecule has 0 bridgehead atoms. The molecule has 2 aromatic heterocycles. The Morgan fingerprint density at radius 1 is 1.00 bits per heavy atom. The minimum absolute atomic E-state index is 0.337. The SMILES string of the molecule is Cc1c(CNCc2no[n+]([O-])c2C)no[n+]1[O-]. The summed E-state index contributed by atoms with van der Waals surface area (Å²) in [5.41, 5.74) is 1.81. The summed E-state index contributed by atoms with van der Waals surface area (Å²) in [6, 6.07) is 0. The predicted octanol–water partition coefficient (Wildman–Crippen LogP) is -1.16. The Kier molecular flexibility index (Phi) is 2.91. The average Bonchev–Trinajstić information content (AvgIpc) is 2.79. The number of nitrogens with one attached hydrogen (secondary N) is 1. The summed E-state index contributed by atoms with van der Waals surface area (Å²) in [5, 5.41) is 32.0. The molecule has 92 valence electrons. The van der Waals surface area contributed by atoms with Gasteiger partial charge in [0.2, 0.25) is 11.4 Å². The molecule has 0 radical (unpaired) electrons. The molecule has 0 unspecified atom stereocenters. The summed E-state index contributed by atoms with van der Waals surface area (Å²) in [7, 11) is 0. The smallest absolute Gasteiger partial charge is 0.234 e. The second kappa shape index (κ2) is 4.37. The first-order valence-electron chi connectivity index (χ1n) is 4.90. The van der Waals surface area contributed by atoms with E-state index in [1.807, 2.05) is 0 Å². The molecule has 2 aromatic rings. The van der Waals surface area contributed by atoms with E-state index in [-0.39, 0.29) is 0 Å². The second-order valence-electron chi connectivity index (χ2n) is 3.53. The van der Waals surface area contributed by atoms with Crippen LogP contribution < -0.4 is 15.1 Å². The molecule has 2 rings (SSSR count). The van der Waals surface area contributed by atoms with Gasteiger partial charge in [0.15, 0.2) is 11.4 Å². The Morgan fingerprint density at radius 2 is 1.41 bits per heavy atom. The van der Waals surface area contributed by atoms with Gasteiger partial charge in [-0.15, -0.1) is 0 Å². The van der Waals surface area contributed by atoms with Crippen molar-refractivity contribution in [2.24, 2.45) is 0 Å². The van der Waals surface area contributed by atoms with Gasteiger partial charge in [-0.2, -0.15) is 0 Å². The Bertz CT molecular complexity index is 474. The van der Waals surface area contributed by atoms with Crippen molar-refractivity contribution in [3.63, 3.8) is 0 Å². The molecule has 0 aliphatic heterocycles. The molecule has 0 fully saturated rings. The van der Waals surface area contributed by atoms with Crippen molar-refractivity contribution in [1.82, 2.24) is 15.6 Å². The van der Waals surface area contributed by atoms with E-state index >= 15 is 0 Å². The molecule has 0 saturated carbocycles. The van der Waals surface area contributed by atoms with E-state index < -0.39 is 0 Å². The van der Waals surface area contributed by atoms with E-state index in [0.29, 0.717) is 45.7 Å². The first-order chi connectivity index (χ1) is 8.09. The van der Waals surface area contributed by atoms with Gasteiger partial charge in [-0.05, 0) is 9.81 Å². The Labute approximate surface area is 95.7 Å². The molecular formula is C8H11N5O4. The molecular weight excluding hydrogens is 230 g/mol. The molecule has 0 aliphatic rings. The number of aromatic nitrogens is 4. The van der Waals surface area contributed by atoms with Crippen LogP contribution >= 0.6 is 0 Å². The molecule has 0 amide bonds. The first-order valence-corrected chi connectivity index (χ1v) is 4.90. The lowest BCUT2D eigenvalue weighted by molar-refractivity contribution is -0.807. The molecule has 9 nitrogen and oxygen atoms in total. The average molecular weight is 241 g/mol. The minimum Gasteiger partial charge on any atom is -0.359 e. The van der Waals surface area contributed by atoms with Crippen LogP contribution in [0.5, 0.6) is 0 Å². The van der Waals surface area contributed by atoms with Gasteiger partial charge in [-0.3, -0.25) is 9.26 Å². The standard InChI is InChI=1S/C8H11N5O4/c1-5-7(10-16-12(5)14)3-9-4-8-6(2)13(15)17-11-8/h9H,3-4H2,1-2H3. The van der Waals surface area contributed by atoms with Gasteiger partial charge in [-0.1, -0.05) is 0 Å². The zero-order valence-electron chi connectivity index (χ0n) is 9.34. The molecule has 0 saturated heterocycles. The van der Waals surface area contributed by atoms with Gasteiger partial charge in [0.25, 0.3) is 0 Å². The summed E-state index contributed by atoms with van der Waals surface area (Å²) in [4.78, 5) is 0.675. The van der Waals surface area contributed by atoms with Crippen molar-refractivity contribution in [2.75, 3.05) is 0 Å². The zero-order chi connectivity index (χ0) is 12.4. The van der Waals surface area contributed by atoms with Gasteiger partial charge in [-0.25, -0.2) is 0 Å². The minimum atomic E-state index is 0.337. The fourth-order valence-corrected chi connectivity index (χ4v) is 1.26. The van der Waals surface area contributed by atoms with Crippen molar-refractivity contribution in [2.45, 2.75) is 26.9 Å². The van der Waals surface area contributed by atoms with E-state index in [1.54, 1.807) is 13.8 Å². The summed E-state index contributed by atoms with van der Waals surface area (Å²) in [6.45, 7) is 3.90. The highest BCUT2D eigenvalue weighted by atomic mass is 16.8. The van der Waals surface area contributed by atoms with E-state index in [2.05, 4.69) is 24.9 Å². The third kappa shape index (κ3) is 2.18. The number of rotatable bonds is 4. The van der Waals surface area contributed by atoms with Gasteiger partial charge >= 0.3 is 0 Å². The first kappa shape index (κ1) is 11.3. The monoisotopic (exact) mass is 241 g/mol. The molecule has 0 spiro atoms. The molecule has 17 heavy (non-hydrogen) atoms. The Balaban J connectivity index is 1.92. The van der Waals surface area contributed by atoms with Crippen LogP contribution in [0.15, 0.2) is 9.26 Å². The van der Waals surface area contributed by atoms with Gasteiger partial charge in [0, 0.05) is 24.2 Å². The van der Waals surface area contributed by atoms with Crippen LogP contribution in [-0.2, 0) is 13.1 Å². The topological polar surface area (TPSA) is 118 Å². The van der Waals surface area contributed by atoms with Gasteiger partial charge < -0.3 is 15.7 Å². The summed E-state index contributed by atoms with van der Waals surface area (Å²) < 4.78 is 8.82. The third-order valence-corrected chi connectivity index (χ3v) is 2.42. The van der Waals surface area contributed by atoms with Gasteiger partial charge in [0.1, 0.15) is 0 Å². The van der Waals surface area contributed by atoms with Crippen LogP contribution in [0.25, 0.3) is 0 Å². The lowest BCUT2D eigenvalue weighted by Crippen LogP contribution is -2.27. The van der Waals surface area contributed by atoms with Crippen molar-refractivity contribution in [3.05, 3.63) is 33.2 Å². The maximum Gasteiger partial charge on any atom is 0.234 e. The van der Waals surface area contributed by atoms with Crippen molar-refractivity contribution < 1.29 is 19.1 Å². The zero-order valence-corrected chi connectivity index (χ0v) is 9.34. The van der Waals surface area contributed by atoms with E-state index in [1.165, 1.54) is 0 Å². The quantitative estimate of drug-likeness (QED) is 0.670. The Morgan fingerprint density at radius 3 is 1.71 bits per heavy atom. The largest absolute Gasteiger partial charge is 0.359 e. The third-order valence-electron chi connectivity index (χ3n) is 2.42. The number of hydrogen-bond acceptors (Lipinski definition) is 7. The highest BCUT2D eigenvalue weighted by molar-refractivity contribution is 5.03. The van der Waals surface area contributed by atoms with Crippen molar-refractivity contribution in [1.29, 1.82) is 0 Å². The Hall–Kier alpha value is -2.16. The van der Waals surface area contributed by atoms with Crippen LogP contribution in [0, 0.1) is 24.3 Å². The maximum absolute atomic E-state index is 10.9. The van der Waals surface area contributed by atoms with Crippen molar-refractivity contribution in [3.8, 4) is 0 Å². The fourth-order valence-electron chi connectivity index (χ4n) is 1.26. The van der Waals surface area contributed by atoms with Crippen LogP contribution in [-0.4, -0.2) is 10.3 Å². The maximum atomic E-state index is 10.9. The molecule has 9 heteroatoms. The molecule has 0 atom stereocenters. The van der Waals surface area contributed by atoms with E-state index in [4.69, 9.17) is 0 Å². The predicted molar refractivity (Wildman–Crippen MR) is 50.9 cm³/mol. The van der Waals surface area contributed by atoms with Crippen molar-refractivity contribution >= 4 is 0 Å². The molecule has 2 heterocycles. The normalized spacial score (nSPS) is 10.9. The van der Waals surface area contributed by atoms with E-state index in [0.717, 1.165) is 0 Å². The van der Waals surface area contributed by atoms with Gasteiger partial charge in [0.05, 0.1) is 13.1 Å². The molecule has 1 N–H and O–H groups in total. The lowest BCUT2D eigenvalue weighted by Gasteiger charge is -1.95. The fraction of sp³-hybridized carbons (Fsp3) is 0.500. The number of nitrogens with zero attached hydrogens (tertiary/aromatic N) is 4. The second-order valence-corrected chi connectivity index (χ2v) is 3.53. The highest BCUT2D eigenvalue weighted by Crippen LogP contribution is 2.01. The lowest BCUT2D eigenvalue weighted by atomic mass is 10.3.